The molecule has 30 heavy (non-hydrogen) atoms. The number of pyridine rings is 3. The van der Waals surface area contributed by atoms with Gasteiger partial charge in [0.05, 0.1) is 11.7 Å². The predicted molar refractivity (Wildman–Crippen MR) is 115 cm³/mol. The summed E-state index contributed by atoms with van der Waals surface area (Å²) in [5.74, 6) is 1.18. The third-order valence-electron chi connectivity index (χ3n) is 5.81. The highest BCUT2D eigenvalue weighted by Crippen LogP contribution is 2.32. The molecule has 8 nitrogen and oxygen atoms in total. The first-order valence-corrected chi connectivity index (χ1v) is 10.2. The first-order valence-electron chi connectivity index (χ1n) is 10.2. The lowest BCUT2D eigenvalue weighted by atomic mass is 9.93. The van der Waals surface area contributed by atoms with Crippen molar-refractivity contribution in [2.45, 2.75) is 18.8 Å². The van der Waals surface area contributed by atoms with Crippen molar-refractivity contribution >= 4 is 22.1 Å². The van der Waals surface area contributed by atoms with Gasteiger partial charge in [-0.25, -0.2) is 9.97 Å². The van der Waals surface area contributed by atoms with Gasteiger partial charge in [-0.2, -0.15) is 5.10 Å². The van der Waals surface area contributed by atoms with Crippen molar-refractivity contribution in [3.05, 3.63) is 54.7 Å². The van der Waals surface area contributed by atoms with Crippen LogP contribution in [0.2, 0.25) is 0 Å². The van der Waals surface area contributed by atoms with Crippen LogP contribution in [0, 0.1) is 0 Å². The molecule has 0 saturated carbocycles. The third-order valence-corrected chi connectivity index (χ3v) is 5.81. The van der Waals surface area contributed by atoms with Crippen LogP contribution in [0.3, 0.4) is 0 Å². The second kappa shape index (κ2) is 7.00. The molecule has 0 aromatic carbocycles. The Morgan fingerprint density at radius 3 is 2.80 bits per heavy atom. The van der Waals surface area contributed by atoms with Gasteiger partial charge in [0.2, 0.25) is 0 Å². The maximum absolute atomic E-state index is 4.87. The number of imidazole rings is 1. The van der Waals surface area contributed by atoms with Crippen molar-refractivity contribution in [3.63, 3.8) is 0 Å². The summed E-state index contributed by atoms with van der Waals surface area (Å²) in [5, 5.41) is 12.1. The van der Waals surface area contributed by atoms with Gasteiger partial charge in [0, 0.05) is 46.7 Å². The van der Waals surface area contributed by atoms with Crippen LogP contribution in [0.1, 0.15) is 24.5 Å². The van der Waals surface area contributed by atoms with Crippen LogP contribution in [-0.4, -0.2) is 48.2 Å². The normalized spacial score (nSPS) is 15.2. The van der Waals surface area contributed by atoms with E-state index in [4.69, 9.17) is 4.98 Å². The summed E-state index contributed by atoms with van der Waals surface area (Å²) in [6, 6.07) is 8.07. The molecule has 5 aromatic heterocycles. The van der Waals surface area contributed by atoms with E-state index in [1.54, 1.807) is 12.4 Å². The highest BCUT2D eigenvalue weighted by Gasteiger charge is 2.20. The second-order valence-corrected chi connectivity index (χ2v) is 7.63. The van der Waals surface area contributed by atoms with Crippen LogP contribution < -0.4 is 5.32 Å². The average Bonchev–Trinajstić information content (AvgIpc) is 3.43. The Kier molecular flexibility index (Phi) is 4.02. The van der Waals surface area contributed by atoms with Gasteiger partial charge < -0.3 is 10.3 Å². The van der Waals surface area contributed by atoms with E-state index in [-0.39, 0.29) is 0 Å². The molecule has 0 spiro atoms. The average molecular weight is 396 g/mol. The van der Waals surface area contributed by atoms with Gasteiger partial charge in [-0.1, -0.05) is 6.07 Å². The highest BCUT2D eigenvalue weighted by atomic mass is 15.1. The molecular weight excluding hydrogens is 376 g/mol. The monoisotopic (exact) mass is 396 g/mol. The van der Waals surface area contributed by atoms with E-state index >= 15 is 0 Å². The molecule has 8 heteroatoms. The van der Waals surface area contributed by atoms with E-state index in [9.17, 15) is 0 Å². The largest absolute Gasteiger partial charge is 0.321 e. The Morgan fingerprint density at radius 1 is 1.00 bits per heavy atom. The number of hydrogen-bond acceptors (Lipinski definition) is 6. The Balaban J connectivity index is 1.47. The summed E-state index contributed by atoms with van der Waals surface area (Å²) < 4.78 is 0. The fourth-order valence-corrected chi connectivity index (χ4v) is 4.23. The van der Waals surface area contributed by atoms with Crippen LogP contribution in [0.4, 0.5) is 0 Å². The molecule has 0 unspecified atom stereocenters. The number of H-pyrrole nitrogens is 2. The van der Waals surface area contributed by atoms with Crippen molar-refractivity contribution in [2.75, 3.05) is 13.1 Å². The van der Waals surface area contributed by atoms with E-state index in [2.05, 4.69) is 41.5 Å². The molecule has 5 aromatic rings. The Labute approximate surface area is 172 Å². The van der Waals surface area contributed by atoms with Crippen molar-refractivity contribution < 1.29 is 0 Å². The van der Waals surface area contributed by atoms with Crippen LogP contribution in [-0.2, 0) is 0 Å². The first-order chi connectivity index (χ1) is 14.9. The second-order valence-electron chi connectivity index (χ2n) is 7.63. The van der Waals surface area contributed by atoms with Crippen LogP contribution in [0.25, 0.3) is 44.7 Å². The van der Waals surface area contributed by atoms with Gasteiger partial charge in [0.15, 0.2) is 11.5 Å². The summed E-state index contributed by atoms with van der Waals surface area (Å²) in [7, 11) is 0. The summed E-state index contributed by atoms with van der Waals surface area (Å²) in [6.07, 6.45) is 9.48. The molecule has 0 bridgehead atoms. The Hall–Kier alpha value is -3.65. The molecule has 148 valence electrons. The summed E-state index contributed by atoms with van der Waals surface area (Å²) in [6.45, 7) is 2.07. The van der Waals surface area contributed by atoms with E-state index in [0.717, 1.165) is 70.5 Å². The van der Waals surface area contributed by atoms with Gasteiger partial charge in [0.1, 0.15) is 11.2 Å². The first kappa shape index (κ1) is 17.2. The number of fused-ring (bicyclic) bond motifs is 2. The Bertz CT molecular complexity index is 1330. The lowest BCUT2D eigenvalue weighted by molar-refractivity contribution is 0.453. The van der Waals surface area contributed by atoms with Crippen molar-refractivity contribution in [1.82, 2.24) is 40.4 Å². The number of nitrogens with zero attached hydrogens (tertiary/aromatic N) is 5. The standard InChI is InChI=1S/C22H20N8/c1-2-14(11-24-6-1)15-5-9-25-21-19(15)27-22(28-21)20-16-10-17(13-3-7-23-8-4-13)26-12-18(16)29-30-20/h1-2,5-6,9-13,23H,3-4,7-8H2,(H,29,30)(H,25,27,28). The van der Waals surface area contributed by atoms with E-state index < -0.39 is 0 Å². The van der Waals surface area contributed by atoms with Gasteiger partial charge in [-0.05, 0) is 44.1 Å². The summed E-state index contributed by atoms with van der Waals surface area (Å²) in [5.41, 5.74) is 6.36. The smallest absolute Gasteiger partial charge is 0.160 e. The fraction of sp³-hybridized carbons (Fsp3) is 0.227. The van der Waals surface area contributed by atoms with Crippen LogP contribution in [0.15, 0.2) is 49.1 Å². The number of hydrogen-bond donors (Lipinski definition) is 3. The minimum absolute atomic E-state index is 0.480. The molecule has 0 amide bonds. The minimum Gasteiger partial charge on any atom is -0.321 e. The maximum atomic E-state index is 4.87. The van der Waals surface area contributed by atoms with E-state index in [0.29, 0.717) is 11.7 Å². The SMILES string of the molecule is c1cncc(-c2ccnc3[nH]c(-c4n[nH]c5cnc(C6CCNCC6)cc45)nc23)c1. The number of aromatic nitrogens is 7. The molecule has 1 fully saturated rings. The third kappa shape index (κ3) is 2.84. The van der Waals surface area contributed by atoms with Gasteiger partial charge in [-0.3, -0.25) is 15.1 Å². The van der Waals surface area contributed by atoms with Crippen molar-refractivity contribution in [2.24, 2.45) is 0 Å². The molecule has 6 rings (SSSR count). The molecular formula is C22H20N8. The maximum Gasteiger partial charge on any atom is 0.160 e. The Morgan fingerprint density at radius 2 is 1.93 bits per heavy atom. The zero-order valence-electron chi connectivity index (χ0n) is 16.3. The molecule has 3 N–H and O–H groups in total. The summed E-state index contributed by atoms with van der Waals surface area (Å²) in [4.78, 5) is 21.6. The molecule has 1 aliphatic rings. The summed E-state index contributed by atoms with van der Waals surface area (Å²) >= 11 is 0. The van der Waals surface area contributed by atoms with Gasteiger partial charge >= 0.3 is 0 Å². The molecule has 0 radical (unpaired) electrons. The topological polar surface area (TPSA) is 108 Å². The number of aromatic amines is 2. The van der Waals surface area contributed by atoms with Gasteiger partial charge in [-0.15, -0.1) is 0 Å². The number of nitrogens with one attached hydrogen (secondary N) is 3. The number of piperidine rings is 1. The zero-order valence-corrected chi connectivity index (χ0v) is 16.3. The van der Waals surface area contributed by atoms with Crippen molar-refractivity contribution in [3.8, 4) is 22.6 Å². The molecule has 0 aliphatic carbocycles. The molecule has 1 saturated heterocycles. The predicted octanol–water partition coefficient (Wildman–Crippen LogP) is 3.43. The van der Waals surface area contributed by atoms with Crippen LogP contribution in [0.5, 0.6) is 0 Å². The van der Waals surface area contributed by atoms with E-state index in [1.807, 2.05) is 30.6 Å². The molecule has 1 aliphatic heterocycles. The molecule has 6 heterocycles. The lowest BCUT2D eigenvalue weighted by Gasteiger charge is -2.21. The zero-order chi connectivity index (χ0) is 19.9. The quantitative estimate of drug-likeness (QED) is 0.431. The van der Waals surface area contributed by atoms with Crippen molar-refractivity contribution in [1.29, 1.82) is 0 Å². The highest BCUT2D eigenvalue weighted by molar-refractivity contribution is 5.95. The fourth-order valence-electron chi connectivity index (χ4n) is 4.23. The van der Waals surface area contributed by atoms with Gasteiger partial charge in [0.25, 0.3) is 0 Å². The minimum atomic E-state index is 0.480. The van der Waals surface area contributed by atoms with E-state index in [1.165, 1.54) is 0 Å². The molecule has 0 atom stereocenters. The van der Waals surface area contributed by atoms with Crippen LogP contribution >= 0.6 is 0 Å². The lowest BCUT2D eigenvalue weighted by Crippen LogP contribution is -2.27. The number of rotatable bonds is 3.